The summed E-state index contributed by atoms with van der Waals surface area (Å²) in [4.78, 5) is 23.7. The highest BCUT2D eigenvalue weighted by Crippen LogP contribution is 2.51. The Bertz CT molecular complexity index is 933. The summed E-state index contributed by atoms with van der Waals surface area (Å²) in [7, 11) is 0. The molecule has 0 aromatic heterocycles. The second-order valence-electron chi connectivity index (χ2n) is 12.3. The summed E-state index contributed by atoms with van der Waals surface area (Å²) < 4.78 is 162. The molecule has 0 amide bonds. The van der Waals surface area contributed by atoms with Crippen LogP contribution >= 0.6 is 0 Å². The molecule has 0 rings (SSSR count). The zero-order valence-electron chi connectivity index (χ0n) is 25.8. The Hall–Kier alpha value is -1.98. The van der Waals surface area contributed by atoms with Gasteiger partial charge in [0.15, 0.2) is 5.60 Å². The molecule has 0 heterocycles. The van der Waals surface area contributed by atoms with Crippen LogP contribution in [-0.4, -0.2) is 69.8 Å². The van der Waals surface area contributed by atoms with Crippen molar-refractivity contribution in [2.24, 2.45) is 16.7 Å². The Kier molecular flexibility index (Phi) is 13.8. The second-order valence-corrected chi connectivity index (χ2v) is 12.3. The lowest BCUT2D eigenvalue weighted by Gasteiger charge is -2.44. The summed E-state index contributed by atoms with van der Waals surface area (Å²) in [6, 6.07) is 0. The van der Waals surface area contributed by atoms with Gasteiger partial charge in [0.25, 0.3) is 11.2 Å². The maximum Gasteiger partial charge on any atom is 0.430 e. The molecular weight excluding hydrogens is 636 g/mol. The fraction of sp³-hybridized carbons (Fsp3) is 0.923. The van der Waals surface area contributed by atoms with Gasteiger partial charge in [-0.3, -0.25) is 9.59 Å². The molecule has 0 aliphatic heterocycles. The summed E-state index contributed by atoms with van der Waals surface area (Å²) >= 11 is 0. The van der Waals surface area contributed by atoms with E-state index in [1.54, 1.807) is 6.92 Å². The molecule has 18 heteroatoms. The molecule has 0 aromatic rings. The van der Waals surface area contributed by atoms with Crippen LogP contribution in [0.2, 0.25) is 0 Å². The summed E-state index contributed by atoms with van der Waals surface area (Å²) in [5, 5.41) is 18.5. The van der Waals surface area contributed by atoms with Crippen molar-refractivity contribution in [1.82, 2.24) is 0 Å². The monoisotopic (exact) mass is 676 g/mol. The number of carbonyl (C=O) groups is 2. The standard InChI is InChI=1S/C14H22F6O3.C12H18F6O3/c1-6-11(4,5)10(21)23-9(8(2)3)7-12(22,13(15,16)17)14(18,19)20;1-6-8(2,3)7(19)21-9(4,5)10(20,11(13,14)15)12(16,17)18/h8-9,22H,6-7H2,1-5H3;20H,6H2,1-5H3. The van der Waals surface area contributed by atoms with E-state index in [1.807, 2.05) is 0 Å². The first-order valence-electron chi connectivity index (χ1n) is 13.1. The van der Waals surface area contributed by atoms with Crippen molar-refractivity contribution >= 4 is 11.9 Å². The average molecular weight is 677 g/mol. The lowest BCUT2D eigenvalue weighted by atomic mass is 9.83. The molecule has 0 saturated heterocycles. The van der Waals surface area contributed by atoms with Gasteiger partial charge in [-0.25, -0.2) is 0 Å². The molecule has 2 N–H and O–H groups in total. The number of carbonyl (C=O) groups excluding carboxylic acids is 2. The third-order valence-corrected chi connectivity index (χ3v) is 7.35. The first-order valence-corrected chi connectivity index (χ1v) is 13.1. The highest BCUT2D eigenvalue weighted by Gasteiger charge is 2.79. The van der Waals surface area contributed by atoms with Gasteiger partial charge >= 0.3 is 36.6 Å². The quantitative estimate of drug-likeness (QED) is 0.181. The summed E-state index contributed by atoms with van der Waals surface area (Å²) in [5.74, 6) is -3.02. The van der Waals surface area contributed by atoms with E-state index in [4.69, 9.17) is 4.74 Å². The minimum absolute atomic E-state index is 0.137. The van der Waals surface area contributed by atoms with E-state index in [0.29, 0.717) is 20.3 Å². The van der Waals surface area contributed by atoms with Crippen molar-refractivity contribution in [1.29, 1.82) is 0 Å². The predicted octanol–water partition coefficient (Wildman–Crippen LogP) is 7.84. The van der Waals surface area contributed by atoms with Crippen molar-refractivity contribution < 1.29 is 82.0 Å². The SMILES string of the molecule is CCC(C)(C)C(=O)OC(C)(C)C(O)(C(F)(F)F)C(F)(F)F.CCC(C)(C)C(=O)OC(CC(O)(C(F)(F)F)C(F)(F)F)C(C)C. The van der Waals surface area contributed by atoms with Gasteiger partial charge in [0, 0.05) is 6.42 Å². The maximum absolute atomic E-state index is 12.8. The topological polar surface area (TPSA) is 93.1 Å². The first-order chi connectivity index (χ1) is 18.9. The van der Waals surface area contributed by atoms with Crippen LogP contribution in [0.3, 0.4) is 0 Å². The van der Waals surface area contributed by atoms with Gasteiger partial charge in [-0.15, -0.1) is 0 Å². The van der Waals surface area contributed by atoms with Gasteiger partial charge in [0.2, 0.25) is 0 Å². The molecular formula is C26H40F12O6. The van der Waals surface area contributed by atoms with Crippen molar-refractivity contribution in [2.45, 2.75) is 136 Å². The number of hydrogen-bond acceptors (Lipinski definition) is 6. The van der Waals surface area contributed by atoms with E-state index in [1.165, 1.54) is 48.5 Å². The van der Waals surface area contributed by atoms with E-state index in [-0.39, 0.29) is 6.42 Å². The smallest absolute Gasteiger partial charge is 0.430 e. The lowest BCUT2D eigenvalue weighted by Crippen LogP contribution is -2.70. The van der Waals surface area contributed by atoms with Gasteiger partial charge in [-0.05, 0) is 60.3 Å². The third-order valence-electron chi connectivity index (χ3n) is 7.35. The van der Waals surface area contributed by atoms with Gasteiger partial charge < -0.3 is 19.7 Å². The van der Waals surface area contributed by atoms with Crippen molar-refractivity contribution in [2.75, 3.05) is 0 Å². The van der Waals surface area contributed by atoms with Crippen molar-refractivity contribution in [3.8, 4) is 0 Å². The molecule has 0 aliphatic carbocycles. The number of aliphatic hydroxyl groups is 2. The molecule has 44 heavy (non-hydrogen) atoms. The molecule has 0 aromatic carbocycles. The van der Waals surface area contributed by atoms with E-state index in [9.17, 15) is 72.5 Å². The molecule has 6 nitrogen and oxygen atoms in total. The summed E-state index contributed by atoms with van der Waals surface area (Å²) in [6.45, 7) is 12.1. The Morgan fingerprint density at radius 2 is 0.932 bits per heavy atom. The Balaban J connectivity index is 0. The molecule has 0 aliphatic rings. The third kappa shape index (κ3) is 9.76. The fourth-order valence-corrected chi connectivity index (χ4v) is 2.97. The number of rotatable bonds is 10. The molecule has 0 bridgehead atoms. The normalized spacial score (nSPS) is 15.4. The van der Waals surface area contributed by atoms with Crippen LogP contribution in [0.25, 0.3) is 0 Å². The van der Waals surface area contributed by atoms with Crippen LogP contribution < -0.4 is 0 Å². The van der Waals surface area contributed by atoms with Crippen molar-refractivity contribution in [3.63, 3.8) is 0 Å². The van der Waals surface area contributed by atoms with E-state index in [2.05, 4.69) is 4.74 Å². The molecule has 0 fully saturated rings. The highest BCUT2D eigenvalue weighted by atomic mass is 19.4. The van der Waals surface area contributed by atoms with E-state index < -0.39 is 82.7 Å². The first kappa shape index (κ1) is 44.1. The molecule has 264 valence electrons. The lowest BCUT2D eigenvalue weighted by molar-refractivity contribution is -0.408. The van der Waals surface area contributed by atoms with Gasteiger partial charge in [-0.2, -0.15) is 52.7 Å². The highest BCUT2D eigenvalue weighted by molar-refractivity contribution is 5.76. The molecule has 0 spiro atoms. The molecule has 0 radical (unpaired) electrons. The Morgan fingerprint density at radius 3 is 1.18 bits per heavy atom. The Morgan fingerprint density at radius 1 is 0.614 bits per heavy atom. The van der Waals surface area contributed by atoms with Crippen LogP contribution in [0.15, 0.2) is 0 Å². The second kappa shape index (κ2) is 13.8. The molecule has 1 unspecified atom stereocenters. The summed E-state index contributed by atoms with van der Waals surface area (Å²) in [6.07, 6.45) is -27.1. The molecule has 1 atom stereocenters. The van der Waals surface area contributed by atoms with Crippen LogP contribution in [0.4, 0.5) is 52.7 Å². The number of ether oxygens (including phenoxy) is 2. The zero-order chi connectivity index (χ0) is 36.3. The average Bonchev–Trinajstić information content (AvgIpc) is 2.79. The van der Waals surface area contributed by atoms with Gasteiger partial charge in [0.1, 0.15) is 6.10 Å². The van der Waals surface area contributed by atoms with Gasteiger partial charge in [0.05, 0.1) is 10.8 Å². The van der Waals surface area contributed by atoms with E-state index in [0.717, 1.165) is 0 Å². The van der Waals surface area contributed by atoms with Crippen LogP contribution in [0.1, 0.15) is 88.5 Å². The minimum Gasteiger partial charge on any atom is -0.462 e. The fourth-order valence-electron chi connectivity index (χ4n) is 2.97. The van der Waals surface area contributed by atoms with Crippen LogP contribution in [-0.2, 0) is 19.1 Å². The number of hydrogen-bond donors (Lipinski definition) is 2. The zero-order valence-corrected chi connectivity index (χ0v) is 25.8. The van der Waals surface area contributed by atoms with E-state index >= 15 is 0 Å². The van der Waals surface area contributed by atoms with Crippen LogP contribution in [0, 0.1) is 16.7 Å². The Labute approximate surface area is 247 Å². The number of halogens is 12. The molecule has 0 saturated carbocycles. The van der Waals surface area contributed by atoms with Gasteiger partial charge in [-0.1, -0.05) is 27.7 Å². The van der Waals surface area contributed by atoms with Crippen LogP contribution in [0.5, 0.6) is 0 Å². The largest absolute Gasteiger partial charge is 0.462 e. The minimum atomic E-state index is -6.06. The summed E-state index contributed by atoms with van der Waals surface area (Å²) in [5.41, 5.74) is -15.7. The number of esters is 2. The predicted molar refractivity (Wildman–Crippen MR) is 132 cm³/mol. The van der Waals surface area contributed by atoms with Crippen molar-refractivity contribution in [3.05, 3.63) is 0 Å². The maximum atomic E-state index is 12.8. The number of alkyl halides is 12.